The van der Waals surface area contributed by atoms with Crippen LogP contribution in [0.15, 0.2) is 66.7 Å². The summed E-state index contributed by atoms with van der Waals surface area (Å²) in [6.07, 6.45) is 5.24. The van der Waals surface area contributed by atoms with Crippen molar-refractivity contribution in [3.8, 4) is 29.6 Å². The second-order valence-electron chi connectivity index (χ2n) is 7.18. The lowest BCUT2D eigenvalue weighted by Crippen LogP contribution is -2.33. The van der Waals surface area contributed by atoms with Crippen LogP contribution in [0, 0.1) is 12.3 Å². The van der Waals surface area contributed by atoms with Crippen LogP contribution in [0.25, 0.3) is 0 Å². The molecule has 0 saturated carbocycles. The van der Waals surface area contributed by atoms with E-state index in [4.69, 9.17) is 20.6 Å². The fraction of sp³-hybridized carbons (Fsp3) is 0.154. The van der Waals surface area contributed by atoms with Crippen molar-refractivity contribution < 1.29 is 23.8 Å². The Morgan fingerprint density at radius 1 is 1.09 bits per heavy atom. The first-order chi connectivity index (χ1) is 16.1. The number of hydrogen-bond acceptors (Lipinski definition) is 5. The SMILES string of the molecule is C#CCOCCN1C(=O)c2ccccc2Oc2cc(NC(=O)c3ccc(OC)cc3)ccc21. The van der Waals surface area contributed by atoms with Gasteiger partial charge in [0.25, 0.3) is 11.8 Å². The van der Waals surface area contributed by atoms with E-state index >= 15 is 0 Å². The number of fused-ring (bicyclic) bond motifs is 2. The fourth-order valence-electron chi connectivity index (χ4n) is 3.46. The largest absolute Gasteiger partial charge is 0.497 e. The van der Waals surface area contributed by atoms with Crippen molar-refractivity contribution in [3.05, 3.63) is 77.9 Å². The Kier molecular flexibility index (Phi) is 6.58. The van der Waals surface area contributed by atoms with Crippen molar-refractivity contribution >= 4 is 23.2 Å². The third-order valence-electron chi connectivity index (χ3n) is 5.09. The van der Waals surface area contributed by atoms with Crippen LogP contribution in [0.1, 0.15) is 20.7 Å². The molecular weight excluding hydrogens is 420 g/mol. The number of methoxy groups -OCH3 is 1. The molecule has 1 aliphatic heterocycles. The standard InChI is InChI=1S/C26H22N2O5/c1-3-15-32-16-14-28-22-13-10-19(27-25(29)18-8-11-20(31-2)12-9-18)17-24(22)33-23-7-5-4-6-21(23)26(28)30/h1,4-13,17H,14-16H2,2H3,(H,27,29). The Labute approximate surface area is 191 Å². The quantitative estimate of drug-likeness (QED) is 0.435. The first-order valence-electron chi connectivity index (χ1n) is 10.3. The average molecular weight is 442 g/mol. The molecule has 1 N–H and O–H groups in total. The van der Waals surface area contributed by atoms with Gasteiger partial charge in [-0.05, 0) is 48.5 Å². The molecule has 1 heterocycles. The zero-order chi connectivity index (χ0) is 23.2. The molecule has 0 radical (unpaired) electrons. The number of benzene rings is 3. The van der Waals surface area contributed by atoms with Gasteiger partial charge in [-0.15, -0.1) is 6.42 Å². The van der Waals surface area contributed by atoms with Gasteiger partial charge in [0.15, 0.2) is 5.75 Å². The van der Waals surface area contributed by atoms with Crippen LogP contribution >= 0.6 is 0 Å². The van der Waals surface area contributed by atoms with E-state index in [-0.39, 0.29) is 25.0 Å². The number of rotatable bonds is 7. The van der Waals surface area contributed by atoms with Crippen LogP contribution in [0.5, 0.6) is 17.2 Å². The molecule has 0 fully saturated rings. The number of carbonyl (C=O) groups excluding carboxylic acids is 2. The molecule has 166 valence electrons. The van der Waals surface area contributed by atoms with E-state index in [0.717, 1.165) is 0 Å². The van der Waals surface area contributed by atoms with Gasteiger partial charge in [-0.2, -0.15) is 0 Å². The Morgan fingerprint density at radius 2 is 1.88 bits per heavy atom. The number of hydrogen-bond donors (Lipinski definition) is 1. The number of para-hydroxylation sites is 1. The second kappa shape index (κ2) is 9.90. The zero-order valence-electron chi connectivity index (χ0n) is 18.0. The first kappa shape index (κ1) is 21.9. The Morgan fingerprint density at radius 3 is 2.64 bits per heavy atom. The number of amides is 2. The lowest BCUT2D eigenvalue weighted by atomic mass is 10.1. The van der Waals surface area contributed by atoms with Gasteiger partial charge in [0.05, 0.1) is 25.0 Å². The highest BCUT2D eigenvalue weighted by atomic mass is 16.5. The highest BCUT2D eigenvalue weighted by molar-refractivity contribution is 6.10. The summed E-state index contributed by atoms with van der Waals surface area (Å²) in [5.41, 5.74) is 2.03. The van der Waals surface area contributed by atoms with Gasteiger partial charge in [0.2, 0.25) is 0 Å². The molecule has 1 aliphatic rings. The predicted molar refractivity (Wildman–Crippen MR) is 125 cm³/mol. The second-order valence-corrected chi connectivity index (χ2v) is 7.18. The van der Waals surface area contributed by atoms with Crippen LogP contribution in [0.3, 0.4) is 0 Å². The molecule has 3 aromatic carbocycles. The maximum atomic E-state index is 13.2. The molecule has 2 amide bonds. The van der Waals surface area contributed by atoms with Gasteiger partial charge >= 0.3 is 0 Å². The summed E-state index contributed by atoms with van der Waals surface area (Å²) in [5, 5.41) is 2.87. The Hall–Kier alpha value is -4.28. The third-order valence-corrected chi connectivity index (χ3v) is 5.09. The van der Waals surface area contributed by atoms with Gasteiger partial charge in [0, 0.05) is 23.9 Å². The fourth-order valence-corrected chi connectivity index (χ4v) is 3.46. The number of nitrogens with zero attached hydrogens (tertiary/aromatic N) is 1. The van der Waals surface area contributed by atoms with Gasteiger partial charge in [0.1, 0.15) is 18.1 Å². The average Bonchev–Trinajstić information content (AvgIpc) is 2.96. The molecule has 0 saturated heterocycles. The third kappa shape index (κ3) is 4.81. The zero-order valence-corrected chi connectivity index (χ0v) is 18.0. The van der Waals surface area contributed by atoms with Gasteiger partial charge < -0.3 is 24.4 Å². The van der Waals surface area contributed by atoms with Crippen LogP contribution in [0.4, 0.5) is 11.4 Å². The molecule has 33 heavy (non-hydrogen) atoms. The molecule has 4 rings (SSSR count). The van der Waals surface area contributed by atoms with Crippen LogP contribution in [-0.2, 0) is 4.74 Å². The summed E-state index contributed by atoms with van der Waals surface area (Å²) >= 11 is 0. The molecule has 0 bridgehead atoms. The van der Waals surface area contributed by atoms with Crippen molar-refractivity contribution in [3.63, 3.8) is 0 Å². The van der Waals surface area contributed by atoms with E-state index in [9.17, 15) is 9.59 Å². The van der Waals surface area contributed by atoms with Crippen LogP contribution in [-0.4, -0.2) is 38.7 Å². The minimum Gasteiger partial charge on any atom is -0.497 e. The van der Waals surface area contributed by atoms with Gasteiger partial charge in [-0.3, -0.25) is 9.59 Å². The van der Waals surface area contributed by atoms with E-state index in [1.54, 1.807) is 78.7 Å². The maximum Gasteiger partial charge on any atom is 0.262 e. The molecule has 7 heteroatoms. The molecule has 0 spiro atoms. The van der Waals surface area contributed by atoms with Gasteiger partial charge in [-0.25, -0.2) is 0 Å². The molecular formula is C26H22N2O5. The van der Waals surface area contributed by atoms with Crippen molar-refractivity contribution in [2.45, 2.75) is 0 Å². The monoisotopic (exact) mass is 442 g/mol. The molecule has 3 aromatic rings. The molecule has 0 aromatic heterocycles. The lowest BCUT2D eigenvalue weighted by molar-refractivity contribution is 0.0970. The number of carbonyl (C=O) groups is 2. The van der Waals surface area contributed by atoms with Crippen molar-refractivity contribution in [2.24, 2.45) is 0 Å². The summed E-state index contributed by atoms with van der Waals surface area (Å²) in [5.74, 6) is 3.48. The summed E-state index contributed by atoms with van der Waals surface area (Å²) in [6.45, 7) is 0.731. The van der Waals surface area contributed by atoms with Gasteiger partial charge in [-0.1, -0.05) is 18.1 Å². The number of anilines is 2. The Balaban J connectivity index is 1.62. The smallest absolute Gasteiger partial charge is 0.262 e. The van der Waals surface area contributed by atoms with E-state index in [0.29, 0.717) is 46.3 Å². The number of terminal acetylenes is 1. The normalized spacial score (nSPS) is 12.0. The van der Waals surface area contributed by atoms with Crippen molar-refractivity contribution in [1.29, 1.82) is 0 Å². The van der Waals surface area contributed by atoms with E-state index in [2.05, 4.69) is 11.2 Å². The topological polar surface area (TPSA) is 77.1 Å². The van der Waals surface area contributed by atoms with E-state index in [1.165, 1.54) is 0 Å². The first-order valence-corrected chi connectivity index (χ1v) is 10.3. The minimum absolute atomic E-state index is 0.165. The minimum atomic E-state index is -0.276. The molecule has 7 nitrogen and oxygen atoms in total. The van der Waals surface area contributed by atoms with Crippen molar-refractivity contribution in [2.75, 3.05) is 37.1 Å². The molecule has 0 atom stereocenters. The van der Waals surface area contributed by atoms with E-state index < -0.39 is 0 Å². The maximum absolute atomic E-state index is 13.2. The number of nitrogens with one attached hydrogen (secondary N) is 1. The van der Waals surface area contributed by atoms with E-state index in [1.807, 2.05) is 0 Å². The van der Waals surface area contributed by atoms with Crippen molar-refractivity contribution in [1.82, 2.24) is 0 Å². The number of ether oxygens (including phenoxy) is 3. The highest BCUT2D eigenvalue weighted by Crippen LogP contribution is 2.40. The molecule has 0 aliphatic carbocycles. The molecule has 0 unspecified atom stereocenters. The van der Waals surface area contributed by atoms with Crippen LogP contribution in [0.2, 0.25) is 0 Å². The van der Waals surface area contributed by atoms with Crippen LogP contribution < -0.4 is 19.7 Å². The summed E-state index contributed by atoms with van der Waals surface area (Å²) in [7, 11) is 1.57. The lowest BCUT2D eigenvalue weighted by Gasteiger charge is -2.22. The Bertz CT molecular complexity index is 1210. The summed E-state index contributed by atoms with van der Waals surface area (Å²) < 4.78 is 16.6. The summed E-state index contributed by atoms with van der Waals surface area (Å²) in [6, 6.07) is 19.0. The predicted octanol–water partition coefficient (Wildman–Crippen LogP) is 4.35. The summed E-state index contributed by atoms with van der Waals surface area (Å²) in [4.78, 5) is 27.5. The highest BCUT2D eigenvalue weighted by Gasteiger charge is 2.28.